The minimum Gasteiger partial charge on any atom is -0.465 e. The minimum atomic E-state index is -1.46. The first-order valence-electron chi connectivity index (χ1n) is 5.43. The van der Waals surface area contributed by atoms with Gasteiger partial charge in [0.2, 0.25) is 5.78 Å². The van der Waals surface area contributed by atoms with Crippen LogP contribution >= 0.6 is 0 Å². The van der Waals surface area contributed by atoms with Crippen molar-refractivity contribution in [2.45, 2.75) is 12.2 Å². The molecule has 0 aliphatic heterocycles. The highest BCUT2D eigenvalue weighted by atomic mass is 16.7. The van der Waals surface area contributed by atoms with E-state index in [-0.39, 0.29) is 5.57 Å². The van der Waals surface area contributed by atoms with E-state index in [0.29, 0.717) is 13.0 Å². The van der Waals surface area contributed by atoms with E-state index >= 15 is 0 Å². The standard InChI is InChI=1S/C13H16O5/c1-4-5-8-18-13(17-3)7-6-10(9-11(13)14)12(15)16-2/h4,6-7,9H,1,5,8H2,2-3H3. The average Bonchev–Trinajstić information content (AvgIpc) is 2.40. The lowest BCUT2D eigenvalue weighted by Gasteiger charge is -2.28. The molecule has 5 nitrogen and oxygen atoms in total. The molecule has 0 radical (unpaired) electrons. The third-order valence-corrected chi connectivity index (χ3v) is 2.48. The van der Waals surface area contributed by atoms with Gasteiger partial charge in [0.25, 0.3) is 5.79 Å². The van der Waals surface area contributed by atoms with Crippen molar-refractivity contribution in [2.24, 2.45) is 0 Å². The lowest BCUT2D eigenvalue weighted by molar-refractivity contribution is -0.191. The first kappa shape index (κ1) is 14.3. The second-order valence-corrected chi connectivity index (χ2v) is 3.59. The van der Waals surface area contributed by atoms with Crippen molar-refractivity contribution < 1.29 is 23.8 Å². The van der Waals surface area contributed by atoms with Gasteiger partial charge in [-0.1, -0.05) is 6.08 Å². The fourth-order valence-electron chi connectivity index (χ4n) is 1.46. The predicted octanol–water partition coefficient (Wildman–Crippen LogP) is 1.16. The molecule has 1 aliphatic rings. The second kappa shape index (κ2) is 6.28. The Bertz CT molecular complexity index is 408. The van der Waals surface area contributed by atoms with Crippen LogP contribution < -0.4 is 0 Å². The highest BCUT2D eigenvalue weighted by Gasteiger charge is 2.38. The second-order valence-electron chi connectivity index (χ2n) is 3.59. The Balaban J connectivity index is 2.84. The number of methoxy groups -OCH3 is 2. The summed E-state index contributed by atoms with van der Waals surface area (Å²) in [5.41, 5.74) is 0.169. The molecule has 1 unspecified atom stereocenters. The maximum absolute atomic E-state index is 12.0. The number of carbonyl (C=O) groups is 2. The Kier molecular flexibility index (Phi) is 5.00. The summed E-state index contributed by atoms with van der Waals surface area (Å²) in [5, 5.41) is 0. The molecule has 0 amide bonds. The molecule has 0 aromatic rings. The summed E-state index contributed by atoms with van der Waals surface area (Å²) in [6, 6.07) is 0. The van der Waals surface area contributed by atoms with Gasteiger partial charge in [0.15, 0.2) is 0 Å². The number of ether oxygens (including phenoxy) is 3. The minimum absolute atomic E-state index is 0.169. The Morgan fingerprint density at radius 2 is 2.22 bits per heavy atom. The van der Waals surface area contributed by atoms with Gasteiger partial charge >= 0.3 is 5.97 Å². The van der Waals surface area contributed by atoms with Gasteiger partial charge in [-0.25, -0.2) is 4.79 Å². The van der Waals surface area contributed by atoms with Crippen molar-refractivity contribution in [3.63, 3.8) is 0 Å². The van der Waals surface area contributed by atoms with E-state index in [0.717, 1.165) is 6.08 Å². The van der Waals surface area contributed by atoms with Crippen molar-refractivity contribution in [2.75, 3.05) is 20.8 Å². The molecule has 0 N–H and O–H groups in total. The van der Waals surface area contributed by atoms with Crippen molar-refractivity contribution in [3.8, 4) is 0 Å². The lowest BCUT2D eigenvalue weighted by Crippen LogP contribution is -2.43. The topological polar surface area (TPSA) is 61.8 Å². The van der Waals surface area contributed by atoms with Gasteiger partial charge in [0.05, 0.1) is 19.3 Å². The van der Waals surface area contributed by atoms with E-state index in [9.17, 15) is 9.59 Å². The van der Waals surface area contributed by atoms with Crippen LogP contribution in [0.3, 0.4) is 0 Å². The van der Waals surface area contributed by atoms with Crippen molar-refractivity contribution in [3.05, 3.63) is 36.5 Å². The molecular formula is C13H16O5. The maximum atomic E-state index is 12.0. The highest BCUT2D eigenvalue weighted by Crippen LogP contribution is 2.23. The SMILES string of the molecule is C=CCCOC1(OC)C=CC(C(=O)OC)=CC1=O. The predicted molar refractivity (Wildman–Crippen MR) is 64.8 cm³/mol. The average molecular weight is 252 g/mol. The summed E-state index contributed by atoms with van der Waals surface area (Å²) in [4.78, 5) is 23.2. The zero-order valence-electron chi connectivity index (χ0n) is 10.5. The van der Waals surface area contributed by atoms with Gasteiger partial charge < -0.3 is 14.2 Å². The van der Waals surface area contributed by atoms with Crippen LogP contribution in [0, 0.1) is 0 Å². The molecule has 1 rings (SSSR count). The fraction of sp³-hybridized carbons (Fsp3) is 0.385. The molecule has 18 heavy (non-hydrogen) atoms. The summed E-state index contributed by atoms with van der Waals surface area (Å²) in [6.07, 6.45) is 6.29. The molecular weight excluding hydrogens is 236 g/mol. The van der Waals surface area contributed by atoms with Crippen LogP contribution in [0.25, 0.3) is 0 Å². The van der Waals surface area contributed by atoms with E-state index in [1.54, 1.807) is 6.08 Å². The van der Waals surface area contributed by atoms with Crippen molar-refractivity contribution >= 4 is 11.8 Å². The Labute approximate surface area is 106 Å². The number of hydrogen-bond acceptors (Lipinski definition) is 5. The number of ketones is 1. The molecule has 0 bridgehead atoms. The van der Waals surface area contributed by atoms with E-state index in [1.807, 2.05) is 0 Å². The van der Waals surface area contributed by atoms with E-state index in [1.165, 1.54) is 26.4 Å². The van der Waals surface area contributed by atoms with E-state index < -0.39 is 17.5 Å². The van der Waals surface area contributed by atoms with Gasteiger partial charge in [-0.05, 0) is 18.6 Å². The number of carbonyl (C=O) groups excluding carboxylic acids is 2. The normalized spacial score (nSPS) is 22.6. The summed E-state index contributed by atoms with van der Waals surface area (Å²) in [7, 11) is 2.62. The van der Waals surface area contributed by atoms with Gasteiger partial charge in [0.1, 0.15) is 0 Å². The van der Waals surface area contributed by atoms with Gasteiger partial charge in [0, 0.05) is 13.2 Å². The third kappa shape index (κ3) is 2.94. The van der Waals surface area contributed by atoms with Gasteiger partial charge in [-0.3, -0.25) is 4.79 Å². The Morgan fingerprint density at radius 3 is 2.72 bits per heavy atom. The van der Waals surface area contributed by atoms with Crippen LogP contribution in [0.2, 0.25) is 0 Å². The molecule has 0 saturated carbocycles. The smallest absolute Gasteiger partial charge is 0.337 e. The molecule has 0 spiro atoms. The van der Waals surface area contributed by atoms with Crippen LogP contribution in [-0.4, -0.2) is 38.4 Å². The van der Waals surface area contributed by atoms with Crippen LogP contribution in [0.1, 0.15) is 6.42 Å². The molecule has 0 aromatic carbocycles. The number of rotatable bonds is 6. The Hall–Kier alpha value is -1.72. The van der Waals surface area contributed by atoms with Gasteiger partial charge in [-0.15, -0.1) is 6.58 Å². The summed E-state index contributed by atoms with van der Waals surface area (Å²) < 4.78 is 15.1. The van der Waals surface area contributed by atoms with Gasteiger partial charge in [-0.2, -0.15) is 0 Å². The first-order chi connectivity index (χ1) is 8.59. The third-order valence-electron chi connectivity index (χ3n) is 2.48. The largest absolute Gasteiger partial charge is 0.465 e. The van der Waals surface area contributed by atoms with Crippen LogP contribution in [-0.2, 0) is 23.8 Å². The van der Waals surface area contributed by atoms with Crippen LogP contribution in [0.5, 0.6) is 0 Å². The quantitative estimate of drug-likeness (QED) is 0.307. The van der Waals surface area contributed by atoms with E-state index in [2.05, 4.69) is 11.3 Å². The lowest BCUT2D eigenvalue weighted by atomic mass is 10.0. The Morgan fingerprint density at radius 1 is 1.50 bits per heavy atom. The van der Waals surface area contributed by atoms with Crippen LogP contribution in [0.4, 0.5) is 0 Å². The molecule has 1 aliphatic carbocycles. The summed E-state index contributed by atoms with van der Waals surface area (Å²) in [6.45, 7) is 3.86. The molecule has 1 atom stereocenters. The zero-order valence-corrected chi connectivity index (χ0v) is 10.5. The molecule has 0 saturated heterocycles. The number of hydrogen-bond donors (Lipinski definition) is 0. The van der Waals surface area contributed by atoms with E-state index in [4.69, 9.17) is 9.47 Å². The summed E-state index contributed by atoms with van der Waals surface area (Å²) >= 11 is 0. The fourth-order valence-corrected chi connectivity index (χ4v) is 1.46. The molecule has 98 valence electrons. The first-order valence-corrected chi connectivity index (χ1v) is 5.43. The molecule has 0 fully saturated rings. The van der Waals surface area contributed by atoms with Crippen molar-refractivity contribution in [1.82, 2.24) is 0 Å². The molecule has 0 aromatic heterocycles. The molecule has 0 heterocycles. The molecule has 5 heteroatoms. The number of esters is 1. The van der Waals surface area contributed by atoms with Crippen molar-refractivity contribution in [1.29, 1.82) is 0 Å². The maximum Gasteiger partial charge on any atom is 0.337 e. The highest BCUT2D eigenvalue weighted by molar-refractivity contribution is 6.07. The summed E-state index contributed by atoms with van der Waals surface area (Å²) in [5.74, 6) is -2.48. The van der Waals surface area contributed by atoms with Crippen LogP contribution in [0.15, 0.2) is 36.5 Å². The zero-order chi connectivity index (χ0) is 13.6. The monoisotopic (exact) mass is 252 g/mol.